The van der Waals surface area contributed by atoms with Crippen molar-refractivity contribution in [1.82, 2.24) is 14.5 Å². The second-order valence-electron chi connectivity index (χ2n) is 6.90. The zero-order valence-electron chi connectivity index (χ0n) is 15.6. The molecule has 0 bridgehead atoms. The molecule has 0 aliphatic rings. The van der Waals surface area contributed by atoms with Gasteiger partial charge in [-0.05, 0) is 37.5 Å². The van der Waals surface area contributed by atoms with Crippen molar-refractivity contribution < 1.29 is 4.79 Å². The van der Waals surface area contributed by atoms with Gasteiger partial charge in [-0.15, -0.1) is 11.6 Å². The quantitative estimate of drug-likeness (QED) is 0.659. The topological polar surface area (TPSA) is 55.2 Å². The van der Waals surface area contributed by atoms with Gasteiger partial charge in [0, 0.05) is 30.9 Å². The second-order valence-corrected chi connectivity index (χ2v) is 7.72. The molecule has 0 radical (unpaired) electrons. The van der Waals surface area contributed by atoms with Crippen molar-refractivity contribution in [2.45, 2.75) is 39.7 Å². The Morgan fingerprint density at radius 3 is 2.62 bits per heavy atom. The summed E-state index contributed by atoms with van der Waals surface area (Å²) in [7, 11) is 1.68. The van der Waals surface area contributed by atoms with Gasteiger partial charge in [-0.3, -0.25) is 14.2 Å². The largest absolute Gasteiger partial charge is 0.333 e. The van der Waals surface area contributed by atoms with Crippen molar-refractivity contribution >= 4 is 40.0 Å². The smallest absolute Gasteiger partial charge is 0.261 e. The monoisotopic (exact) mass is 397 g/mol. The number of carbonyl (C=O) groups excluding carboxylic acids is 1. The summed E-state index contributed by atoms with van der Waals surface area (Å²) in [6.07, 6.45) is 1.02. The normalized spacial score (nSPS) is 12.6. The van der Waals surface area contributed by atoms with E-state index in [0.717, 1.165) is 0 Å². The predicted molar refractivity (Wildman–Crippen MR) is 107 cm³/mol. The minimum absolute atomic E-state index is 0.0253. The van der Waals surface area contributed by atoms with Crippen LogP contribution in [0.4, 0.5) is 0 Å². The molecule has 1 heterocycles. The maximum atomic E-state index is 12.7. The molecule has 26 heavy (non-hydrogen) atoms. The van der Waals surface area contributed by atoms with Crippen LogP contribution >= 0.6 is 23.2 Å². The average molecular weight is 398 g/mol. The lowest BCUT2D eigenvalue weighted by Gasteiger charge is -2.31. The summed E-state index contributed by atoms with van der Waals surface area (Å²) in [5.74, 6) is 1.33. The highest BCUT2D eigenvalue weighted by Crippen LogP contribution is 2.23. The van der Waals surface area contributed by atoms with Gasteiger partial charge in [-0.2, -0.15) is 0 Å². The molecule has 142 valence electrons. The number of fused-ring (bicyclic) bond motifs is 1. The van der Waals surface area contributed by atoms with Crippen LogP contribution in [-0.4, -0.2) is 32.8 Å². The summed E-state index contributed by atoms with van der Waals surface area (Å²) < 4.78 is 1.51. The highest BCUT2D eigenvalue weighted by atomic mass is 35.5. The molecule has 1 aromatic heterocycles. The summed E-state index contributed by atoms with van der Waals surface area (Å²) in [5, 5.41) is 0.967. The number of rotatable bonds is 7. The molecule has 5 nitrogen and oxygen atoms in total. The Morgan fingerprint density at radius 2 is 2.00 bits per heavy atom. The van der Waals surface area contributed by atoms with Crippen LogP contribution in [0.15, 0.2) is 23.0 Å². The third-order valence-corrected chi connectivity index (χ3v) is 4.82. The molecule has 0 aliphatic carbocycles. The maximum absolute atomic E-state index is 12.7. The summed E-state index contributed by atoms with van der Waals surface area (Å²) in [5.41, 5.74) is 0.411. The van der Waals surface area contributed by atoms with Crippen LogP contribution in [-0.2, 0) is 11.8 Å². The fourth-order valence-electron chi connectivity index (χ4n) is 3.00. The molecule has 0 saturated heterocycles. The van der Waals surface area contributed by atoms with Crippen LogP contribution in [0.2, 0.25) is 5.02 Å². The highest BCUT2D eigenvalue weighted by molar-refractivity contribution is 6.31. The number of hydrogen-bond acceptors (Lipinski definition) is 3. The van der Waals surface area contributed by atoms with Crippen LogP contribution in [0.1, 0.15) is 45.5 Å². The number of benzene rings is 1. The lowest BCUT2D eigenvalue weighted by atomic mass is 10.1. The zero-order chi connectivity index (χ0) is 19.4. The highest BCUT2D eigenvalue weighted by Gasteiger charge is 2.25. The fraction of sp³-hybridized carbons (Fsp3) is 0.526. The molecule has 7 heteroatoms. The summed E-state index contributed by atoms with van der Waals surface area (Å²) in [6.45, 7) is 6.62. The van der Waals surface area contributed by atoms with Crippen molar-refractivity contribution in [3.63, 3.8) is 0 Å². The number of hydrogen-bond donors (Lipinski definition) is 0. The van der Waals surface area contributed by atoms with Gasteiger partial charge in [0.05, 0.1) is 16.9 Å². The lowest BCUT2D eigenvalue weighted by molar-refractivity contribution is -0.134. The zero-order valence-corrected chi connectivity index (χ0v) is 17.1. The number of carbonyl (C=O) groups is 1. The van der Waals surface area contributed by atoms with Crippen molar-refractivity contribution in [2.24, 2.45) is 13.0 Å². The number of amides is 1. The minimum Gasteiger partial charge on any atom is -0.333 e. The molecule has 1 amide bonds. The van der Waals surface area contributed by atoms with E-state index in [1.165, 1.54) is 4.57 Å². The van der Waals surface area contributed by atoms with Gasteiger partial charge in [-0.25, -0.2) is 4.98 Å². The maximum Gasteiger partial charge on any atom is 0.261 e. The van der Waals surface area contributed by atoms with E-state index in [1.54, 1.807) is 30.1 Å². The molecule has 0 fully saturated rings. The van der Waals surface area contributed by atoms with Crippen molar-refractivity contribution in [1.29, 1.82) is 0 Å². The van der Waals surface area contributed by atoms with E-state index in [9.17, 15) is 9.59 Å². The first-order valence-electron chi connectivity index (χ1n) is 8.77. The Labute approximate surface area is 163 Å². The van der Waals surface area contributed by atoms with Gasteiger partial charge in [0.15, 0.2) is 0 Å². The molecular formula is C19H25Cl2N3O2. The van der Waals surface area contributed by atoms with Crippen LogP contribution < -0.4 is 5.56 Å². The van der Waals surface area contributed by atoms with Crippen LogP contribution in [0.3, 0.4) is 0 Å². The molecule has 1 aromatic carbocycles. The van der Waals surface area contributed by atoms with Crippen LogP contribution in [0.25, 0.3) is 10.9 Å². The number of alkyl halides is 1. The third-order valence-electron chi connectivity index (χ3n) is 4.32. The Morgan fingerprint density at radius 1 is 1.31 bits per heavy atom. The average Bonchev–Trinajstić information content (AvgIpc) is 2.60. The van der Waals surface area contributed by atoms with Crippen molar-refractivity contribution in [3.05, 3.63) is 39.4 Å². The van der Waals surface area contributed by atoms with Gasteiger partial charge in [0.2, 0.25) is 5.91 Å². The molecule has 1 unspecified atom stereocenters. The van der Waals surface area contributed by atoms with Gasteiger partial charge in [-0.1, -0.05) is 25.4 Å². The summed E-state index contributed by atoms with van der Waals surface area (Å²) >= 11 is 11.7. The third kappa shape index (κ3) is 4.57. The lowest BCUT2D eigenvalue weighted by Crippen LogP contribution is -2.39. The van der Waals surface area contributed by atoms with E-state index in [0.29, 0.717) is 52.9 Å². The summed E-state index contributed by atoms with van der Waals surface area (Å²) in [6, 6.07) is 4.75. The van der Waals surface area contributed by atoms with E-state index in [4.69, 9.17) is 23.2 Å². The van der Waals surface area contributed by atoms with Gasteiger partial charge < -0.3 is 4.90 Å². The Hall–Kier alpha value is -1.59. The molecular weight excluding hydrogens is 373 g/mol. The SMILES string of the molecule is CC(C)CN(C(=O)CCCCl)C(C)c1nc2ccc(Cl)cc2c(=O)n1C. The van der Waals surface area contributed by atoms with Crippen LogP contribution in [0, 0.1) is 5.92 Å². The number of halogens is 2. The molecule has 0 spiro atoms. The molecule has 1 atom stereocenters. The van der Waals surface area contributed by atoms with Crippen molar-refractivity contribution in [3.8, 4) is 0 Å². The number of aromatic nitrogens is 2. The first-order valence-corrected chi connectivity index (χ1v) is 9.69. The Bertz CT molecular complexity index is 849. The predicted octanol–water partition coefficient (Wildman–Crippen LogP) is 4.15. The first-order chi connectivity index (χ1) is 12.3. The Kier molecular flexibility index (Phi) is 7.07. The number of nitrogens with zero attached hydrogens (tertiary/aromatic N) is 3. The van der Waals surface area contributed by atoms with Crippen LogP contribution in [0.5, 0.6) is 0 Å². The fourth-order valence-corrected chi connectivity index (χ4v) is 3.31. The van der Waals surface area contributed by atoms with Gasteiger partial charge in [0.25, 0.3) is 5.56 Å². The Balaban J connectivity index is 2.49. The molecule has 0 saturated carbocycles. The van der Waals surface area contributed by atoms with Crippen molar-refractivity contribution in [2.75, 3.05) is 12.4 Å². The second kappa shape index (κ2) is 8.87. The minimum atomic E-state index is -0.321. The van der Waals surface area contributed by atoms with E-state index in [-0.39, 0.29) is 17.5 Å². The van der Waals surface area contributed by atoms with Gasteiger partial charge >= 0.3 is 0 Å². The van der Waals surface area contributed by atoms with E-state index in [1.807, 2.05) is 6.92 Å². The van der Waals surface area contributed by atoms with E-state index >= 15 is 0 Å². The molecule has 2 aromatic rings. The summed E-state index contributed by atoms with van der Waals surface area (Å²) in [4.78, 5) is 31.9. The van der Waals surface area contributed by atoms with E-state index in [2.05, 4.69) is 18.8 Å². The standard InChI is InChI=1S/C19H25Cl2N3O2/c1-12(2)11-24(17(25)6-5-9-20)13(3)18-22-16-8-7-14(21)10-15(16)19(26)23(18)4/h7-8,10,12-13H,5-6,9,11H2,1-4H3. The molecule has 0 N–H and O–H groups in total. The first kappa shape index (κ1) is 20.7. The molecule has 2 rings (SSSR count). The van der Waals surface area contributed by atoms with E-state index < -0.39 is 0 Å². The van der Waals surface area contributed by atoms with Gasteiger partial charge in [0.1, 0.15) is 5.82 Å². The molecule has 0 aliphatic heterocycles.